The van der Waals surface area contributed by atoms with E-state index in [0.29, 0.717) is 73.2 Å². The Morgan fingerprint density at radius 2 is 2.03 bits per heavy atom. The van der Waals surface area contributed by atoms with Crippen LogP contribution in [0.3, 0.4) is 0 Å². The molecule has 2 aliphatic rings. The summed E-state index contributed by atoms with van der Waals surface area (Å²) >= 11 is 1.40. The number of hydrazine groups is 1. The molecule has 0 spiro atoms. The van der Waals surface area contributed by atoms with Crippen LogP contribution in [-0.2, 0) is 11.2 Å². The molecule has 0 atom stereocenters. The maximum Gasteiger partial charge on any atom is 0.284 e. The van der Waals surface area contributed by atoms with Gasteiger partial charge in [0.15, 0.2) is 0 Å². The average molecular weight is 498 g/mol. The Labute approximate surface area is 205 Å². The summed E-state index contributed by atoms with van der Waals surface area (Å²) in [5.41, 5.74) is 4.80. The Bertz CT molecular complexity index is 1280. The molecule has 2 N–H and O–H groups in total. The van der Waals surface area contributed by atoms with E-state index < -0.39 is 0 Å². The fourth-order valence-corrected chi connectivity index (χ4v) is 4.83. The molecule has 12 heteroatoms. The van der Waals surface area contributed by atoms with Crippen LogP contribution < -0.4 is 15.5 Å². The number of pyridine rings is 3. The van der Waals surface area contributed by atoms with E-state index in [0.717, 1.165) is 4.90 Å². The highest BCUT2D eigenvalue weighted by Crippen LogP contribution is 2.29. The molecule has 35 heavy (non-hydrogen) atoms. The molecule has 5 rings (SSSR count). The Kier molecular flexibility index (Phi) is 6.75. The van der Waals surface area contributed by atoms with Gasteiger partial charge in [0.1, 0.15) is 17.3 Å². The van der Waals surface area contributed by atoms with Gasteiger partial charge in [-0.25, -0.2) is 19.4 Å². The molecule has 3 aromatic rings. The van der Waals surface area contributed by atoms with Crippen molar-refractivity contribution < 1.29 is 18.7 Å². The zero-order valence-corrected chi connectivity index (χ0v) is 19.9. The highest BCUT2D eigenvalue weighted by Gasteiger charge is 2.22. The molecule has 10 nitrogen and oxygen atoms in total. The summed E-state index contributed by atoms with van der Waals surface area (Å²) in [6.45, 7) is 3.32. The number of hydrogen-bond acceptors (Lipinski definition) is 9. The molecular formula is C23H24FN7O3S. The van der Waals surface area contributed by atoms with Gasteiger partial charge in [0, 0.05) is 44.4 Å². The predicted octanol–water partition coefficient (Wildman–Crippen LogP) is 1.72. The number of carbonyl (C=O) groups excluding carboxylic acids is 2. The predicted molar refractivity (Wildman–Crippen MR) is 129 cm³/mol. The molecule has 182 valence electrons. The molecule has 0 radical (unpaired) electrons. The number of amides is 2. The van der Waals surface area contributed by atoms with Gasteiger partial charge in [0.25, 0.3) is 5.91 Å². The third-order valence-electron chi connectivity index (χ3n) is 5.97. The van der Waals surface area contributed by atoms with Crippen LogP contribution >= 0.6 is 11.8 Å². The molecule has 0 aliphatic carbocycles. The third kappa shape index (κ3) is 5.19. The van der Waals surface area contributed by atoms with Gasteiger partial charge in [0.05, 0.1) is 35.0 Å². The number of rotatable bonds is 6. The van der Waals surface area contributed by atoms with Crippen molar-refractivity contribution in [2.24, 2.45) is 0 Å². The first-order valence-electron chi connectivity index (χ1n) is 11.2. The Hall–Kier alpha value is -3.35. The summed E-state index contributed by atoms with van der Waals surface area (Å²) in [6.07, 6.45) is 1.72. The van der Waals surface area contributed by atoms with Gasteiger partial charge in [-0.15, -0.1) is 11.8 Å². The zero-order valence-electron chi connectivity index (χ0n) is 19.1. The number of nitrogens with zero attached hydrogens (tertiary/aromatic N) is 5. The van der Waals surface area contributed by atoms with Crippen molar-refractivity contribution in [3.8, 4) is 5.88 Å². The van der Waals surface area contributed by atoms with Crippen LogP contribution in [0, 0.1) is 5.82 Å². The maximum absolute atomic E-state index is 14.6. The fourth-order valence-electron chi connectivity index (χ4n) is 4.07. The second-order valence-electron chi connectivity index (χ2n) is 8.21. The van der Waals surface area contributed by atoms with Crippen LogP contribution in [0.25, 0.3) is 11.0 Å². The average Bonchev–Trinajstić information content (AvgIpc) is 2.88. The van der Waals surface area contributed by atoms with Crippen LogP contribution in [0.2, 0.25) is 0 Å². The monoisotopic (exact) mass is 497 g/mol. The second-order valence-corrected chi connectivity index (χ2v) is 9.22. The standard InChI is InChI=1S/C23H24FN7O3S/c1-34-20-5-3-16-21(28-20)14(15(24)12-25-16)6-7-30-8-10-31(11-9-30)29-23(33)17-2-4-18-22(26-17)27-19(32)13-35-18/h2-5,12H,6-11,13H2,1H3,(H,29,33)(H,26,27,32). The SMILES string of the molecule is COc1ccc2ncc(F)c(CCN3CCN(NC(=O)c4ccc5c(n4)NC(=O)CS5)CC3)c2n1. The van der Waals surface area contributed by atoms with E-state index in [-0.39, 0.29) is 23.3 Å². The summed E-state index contributed by atoms with van der Waals surface area (Å²) in [5.74, 6) is 0.363. The lowest BCUT2D eigenvalue weighted by Crippen LogP contribution is -2.53. The number of hydrogen-bond donors (Lipinski definition) is 2. The number of ether oxygens (including phenoxy) is 1. The quantitative estimate of drug-likeness (QED) is 0.526. The molecule has 3 aromatic heterocycles. The lowest BCUT2D eigenvalue weighted by molar-refractivity contribution is -0.113. The first-order valence-corrected chi connectivity index (χ1v) is 12.2. The summed E-state index contributed by atoms with van der Waals surface area (Å²) in [5, 5.41) is 4.55. The largest absolute Gasteiger partial charge is 0.481 e. The van der Waals surface area contributed by atoms with Crippen LogP contribution in [0.5, 0.6) is 5.88 Å². The molecule has 1 fully saturated rings. The van der Waals surface area contributed by atoms with Crippen LogP contribution in [0.4, 0.5) is 10.2 Å². The van der Waals surface area contributed by atoms with Crippen molar-refractivity contribution in [1.29, 1.82) is 0 Å². The van der Waals surface area contributed by atoms with Gasteiger partial charge >= 0.3 is 0 Å². The van der Waals surface area contributed by atoms with E-state index in [1.165, 1.54) is 25.1 Å². The molecule has 0 bridgehead atoms. The zero-order chi connectivity index (χ0) is 24.4. The summed E-state index contributed by atoms with van der Waals surface area (Å²) in [4.78, 5) is 40.1. The first kappa shape index (κ1) is 23.4. The lowest BCUT2D eigenvalue weighted by atomic mass is 10.1. The molecule has 2 aliphatic heterocycles. The van der Waals surface area contributed by atoms with Crippen molar-refractivity contribution in [3.05, 3.63) is 47.5 Å². The Morgan fingerprint density at radius 1 is 1.20 bits per heavy atom. The van der Waals surface area contributed by atoms with Crippen LogP contribution in [0.15, 0.2) is 35.4 Å². The van der Waals surface area contributed by atoms with Crippen LogP contribution in [0.1, 0.15) is 16.1 Å². The van der Waals surface area contributed by atoms with Gasteiger partial charge in [-0.1, -0.05) is 0 Å². The van der Waals surface area contributed by atoms with Gasteiger partial charge in [-0.3, -0.25) is 20.0 Å². The third-order valence-corrected chi connectivity index (χ3v) is 7.01. The molecular weight excluding hydrogens is 473 g/mol. The Balaban J connectivity index is 1.16. The van der Waals surface area contributed by atoms with Crippen molar-refractivity contribution in [2.45, 2.75) is 11.3 Å². The smallest absolute Gasteiger partial charge is 0.284 e. The van der Waals surface area contributed by atoms with E-state index in [1.807, 2.05) is 5.01 Å². The highest BCUT2D eigenvalue weighted by molar-refractivity contribution is 8.00. The minimum absolute atomic E-state index is 0.127. The van der Waals surface area contributed by atoms with Gasteiger partial charge in [0.2, 0.25) is 11.8 Å². The first-order chi connectivity index (χ1) is 17.0. The number of methoxy groups -OCH3 is 1. The van der Waals surface area contributed by atoms with Crippen molar-refractivity contribution in [2.75, 3.05) is 50.9 Å². The van der Waals surface area contributed by atoms with E-state index in [4.69, 9.17) is 4.74 Å². The number of fused-ring (bicyclic) bond motifs is 2. The lowest BCUT2D eigenvalue weighted by Gasteiger charge is -2.34. The molecule has 0 saturated carbocycles. The summed E-state index contributed by atoms with van der Waals surface area (Å²) in [6, 6.07) is 6.94. The fraction of sp³-hybridized carbons (Fsp3) is 0.348. The van der Waals surface area contributed by atoms with Gasteiger partial charge in [-0.05, 0) is 24.6 Å². The number of thioether (sulfide) groups is 1. The van der Waals surface area contributed by atoms with Crippen molar-refractivity contribution in [3.63, 3.8) is 0 Å². The molecule has 0 aromatic carbocycles. The number of anilines is 1. The van der Waals surface area contributed by atoms with E-state index in [2.05, 4.69) is 30.6 Å². The van der Waals surface area contributed by atoms with E-state index in [9.17, 15) is 14.0 Å². The summed E-state index contributed by atoms with van der Waals surface area (Å²) in [7, 11) is 1.53. The highest BCUT2D eigenvalue weighted by atomic mass is 32.2. The molecule has 1 saturated heterocycles. The number of nitrogens with one attached hydrogen (secondary N) is 2. The number of carbonyl (C=O) groups is 2. The van der Waals surface area contributed by atoms with Crippen molar-refractivity contribution >= 4 is 40.4 Å². The topological polar surface area (TPSA) is 113 Å². The van der Waals surface area contributed by atoms with Crippen LogP contribution in [-0.4, -0.2) is 82.3 Å². The van der Waals surface area contributed by atoms with E-state index >= 15 is 0 Å². The number of piperazine rings is 1. The maximum atomic E-state index is 14.6. The Morgan fingerprint density at radius 3 is 2.83 bits per heavy atom. The minimum atomic E-state index is -0.378. The van der Waals surface area contributed by atoms with E-state index in [1.54, 1.807) is 24.3 Å². The van der Waals surface area contributed by atoms with Gasteiger partial charge < -0.3 is 15.0 Å². The number of aromatic nitrogens is 3. The summed E-state index contributed by atoms with van der Waals surface area (Å²) < 4.78 is 19.7. The van der Waals surface area contributed by atoms with Crippen molar-refractivity contribution in [1.82, 2.24) is 30.3 Å². The molecule has 2 amide bonds. The minimum Gasteiger partial charge on any atom is -0.481 e. The van der Waals surface area contributed by atoms with Gasteiger partial charge in [-0.2, -0.15) is 0 Å². The number of halogens is 1. The normalized spacial score (nSPS) is 16.6. The second kappa shape index (κ2) is 10.1. The molecule has 0 unspecified atom stereocenters. The molecule has 5 heterocycles.